The number of aromatic nitrogens is 1. The van der Waals surface area contributed by atoms with Crippen LogP contribution in [0.3, 0.4) is 0 Å². The molecule has 0 saturated carbocycles. The lowest BCUT2D eigenvalue weighted by atomic mass is 9.90. The van der Waals surface area contributed by atoms with E-state index in [2.05, 4.69) is 15.6 Å². The molecule has 4 nitrogen and oxygen atoms in total. The van der Waals surface area contributed by atoms with Crippen molar-refractivity contribution in [3.63, 3.8) is 0 Å². The van der Waals surface area contributed by atoms with Crippen LogP contribution in [-0.2, 0) is 4.79 Å². The van der Waals surface area contributed by atoms with Gasteiger partial charge < -0.3 is 10.6 Å². The van der Waals surface area contributed by atoms with Crippen molar-refractivity contribution >= 4 is 17.4 Å². The van der Waals surface area contributed by atoms with Gasteiger partial charge in [-0.3, -0.25) is 4.79 Å². The fourth-order valence-electron chi connectivity index (χ4n) is 2.39. The summed E-state index contributed by atoms with van der Waals surface area (Å²) >= 11 is 0. The lowest BCUT2D eigenvalue weighted by Crippen LogP contribution is -2.27. The number of hydrogen-bond acceptors (Lipinski definition) is 3. The summed E-state index contributed by atoms with van der Waals surface area (Å²) in [5.74, 6) is 0.496. The number of carbonyl (C=O) groups is 1. The van der Waals surface area contributed by atoms with Crippen molar-refractivity contribution in [1.29, 1.82) is 0 Å². The van der Waals surface area contributed by atoms with Gasteiger partial charge in [0.05, 0.1) is 5.92 Å². The summed E-state index contributed by atoms with van der Waals surface area (Å²) in [6, 6.07) is 13.4. The van der Waals surface area contributed by atoms with Crippen molar-refractivity contribution < 1.29 is 4.79 Å². The number of fused-ring (bicyclic) bond motifs is 1. The van der Waals surface area contributed by atoms with Crippen LogP contribution >= 0.6 is 0 Å². The summed E-state index contributed by atoms with van der Waals surface area (Å²) in [4.78, 5) is 16.5. The zero-order chi connectivity index (χ0) is 13.1. The summed E-state index contributed by atoms with van der Waals surface area (Å²) in [6.45, 7) is 0.817. The zero-order valence-corrected chi connectivity index (χ0v) is 10.5. The van der Waals surface area contributed by atoms with Crippen molar-refractivity contribution in [3.8, 4) is 0 Å². The maximum atomic E-state index is 12.4. The maximum absolute atomic E-state index is 12.4. The Hall–Kier alpha value is -2.36. The molecule has 1 amide bonds. The molecule has 96 valence electrons. The Bertz CT molecular complexity index is 583. The van der Waals surface area contributed by atoms with Gasteiger partial charge in [0.15, 0.2) is 0 Å². The molecule has 2 N–H and O–H groups in total. The molecule has 0 spiro atoms. The molecule has 0 radical (unpaired) electrons. The highest BCUT2D eigenvalue weighted by Crippen LogP contribution is 2.31. The fourth-order valence-corrected chi connectivity index (χ4v) is 2.39. The normalized spacial score (nSPS) is 17.2. The Labute approximate surface area is 111 Å². The second-order valence-electron chi connectivity index (χ2n) is 4.56. The number of nitrogens with one attached hydrogen (secondary N) is 2. The molecule has 4 heteroatoms. The van der Waals surface area contributed by atoms with E-state index in [1.54, 1.807) is 12.3 Å². The lowest BCUT2D eigenvalue weighted by Gasteiger charge is -2.25. The van der Waals surface area contributed by atoms with Crippen LogP contribution in [0.5, 0.6) is 0 Å². The van der Waals surface area contributed by atoms with Gasteiger partial charge in [0, 0.05) is 18.4 Å². The number of hydrogen-bond donors (Lipinski definition) is 2. The quantitative estimate of drug-likeness (QED) is 0.865. The van der Waals surface area contributed by atoms with E-state index >= 15 is 0 Å². The minimum atomic E-state index is -0.112. The number of amides is 1. The summed E-state index contributed by atoms with van der Waals surface area (Å²) in [5.41, 5.74) is 2.11. The minimum Gasteiger partial charge on any atom is -0.385 e. The van der Waals surface area contributed by atoms with Crippen LogP contribution < -0.4 is 10.6 Å². The highest BCUT2D eigenvalue weighted by molar-refractivity contribution is 5.96. The van der Waals surface area contributed by atoms with Crippen molar-refractivity contribution in [3.05, 3.63) is 54.2 Å². The number of anilines is 2. The molecule has 0 aliphatic carbocycles. The summed E-state index contributed by atoms with van der Waals surface area (Å²) in [7, 11) is 0. The minimum absolute atomic E-state index is 0.00708. The van der Waals surface area contributed by atoms with Crippen molar-refractivity contribution in [2.75, 3.05) is 17.2 Å². The molecular formula is C15H15N3O. The molecule has 19 heavy (non-hydrogen) atoms. The van der Waals surface area contributed by atoms with E-state index in [1.807, 2.05) is 36.4 Å². The summed E-state index contributed by atoms with van der Waals surface area (Å²) in [6.07, 6.45) is 2.47. The van der Waals surface area contributed by atoms with E-state index in [0.29, 0.717) is 5.82 Å². The van der Waals surface area contributed by atoms with E-state index < -0.39 is 0 Å². The molecule has 1 aromatic heterocycles. The highest BCUT2D eigenvalue weighted by Gasteiger charge is 2.26. The van der Waals surface area contributed by atoms with Gasteiger partial charge in [-0.15, -0.1) is 0 Å². The average Bonchev–Trinajstić information content (AvgIpc) is 2.47. The third kappa shape index (κ3) is 2.42. The monoisotopic (exact) mass is 253 g/mol. The first-order valence-electron chi connectivity index (χ1n) is 6.39. The van der Waals surface area contributed by atoms with E-state index in [9.17, 15) is 4.79 Å². The van der Waals surface area contributed by atoms with Gasteiger partial charge >= 0.3 is 0 Å². The molecule has 2 aromatic rings. The van der Waals surface area contributed by atoms with Crippen LogP contribution in [0.1, 0.15) is 17.9 Å². The number of benzene rings is 1. The number of para-hydroxylation sites is 1. The molecule has 1 aromatic carbocycles. The van der Waals surface area contributed by atoms with Gasteiger partial charge in [0.2, 0.25) is 5.91 Å². The van der Waals surface area contributed by atoms with Gasteiger partial charge in [-0.05, 0) is 30.2 Å². The number of rotatable bonds is 2. The molecule has 1 unspecified atom stereocenters. The van der Waals surface area contributed by atoms with E-state index in [1.165, 1.54) is 0 Å². The first kappa shape index (κ1) is 11.7. The number of pyridine rings is 1. The van der Waals surface area contributed by atoms with Crippen LogP contribution in [0.4, 0.5) is 11.5 Å². The number of carbonyl (C=O) groups excluding carboxylic acids is 1. The third-order valence-electron chi connectivity index (χ3n) is 3.32. The second-order valence-corrected chi connectivity index (χ2v) is 4.56. The van der Waals surface area contributed by atoms with Gasteiger partial charge in [-0.1, -0.05) is 24.3 Å². The Morgan fingerprint density at radius 1 is 1.21 bits per heavy atom. The molecule has 1 aliphatic rings. The zero-order valence-electron chi connectivity index (χ0n) is 10.5. The van der Waals surface area contributed by atoms with Crippen molar-refractivity contribution in [2.24, 2.45) is 0 Å². The Balaban J connectivity index is 1.82. The van der Waals surface area contributed by atoms with E-state index in [4.69, 9.17) is 0 Å². The average molecular weight is 253 g/mol. The van der Waals surface area contributed by atoms with E-state index in [-0.39, 0.29) is 11.8 Å². The predicted molar refractivity (Wildman–Crippen MR) is 75.2 cm³/mol. The van der Waals surface area contributed by atoms with Gasteiger partial charge in [-0.25, -0.2) is 4.98 Å². The van der Waals surface area contributed by atoms with Crippen LogP contribution in [-0.4, -0.2) is 17.4 Å². The van der Waals surface area contributed by atoms with Crippen LogP contribution in [0.25, 0.3) is 0 Å². The molecule has 1 atom stereocenters. The van der Waals surface area contributed by atoms with Crippen LogP contribution in [0.2, 0.25) is 0 Å². The lowest BCUT2D eigenvalue weighted by molar-refractivity contribution is -0.117. The highest BCUT2D eigenvalue weighted by atomic mass is 16.1. The molecular weight excluding hydrogens is 238 g/mol. The van der Waals surface area contributed by atoms with Gasteiger partial charge in [-0.2, -0.15) is 0 Å². The smallest absolute Gasteiger partial charge is 0.233 e. The summed E-state index contributed by atoms with van der Waals surface area (Å²) in [5, 5.41) is 6.19. The van der Waals surface area contributed by atoms with Gasteiger partial charge in [0.25, 0.3) is 0 Å². The Morgan fingerprint density at radius 2 is 2.05 bits per heavy atom. The van der Waals surface area contributed by atoms with Crippen molar-refractivity contribution in [2.45, 2.75) is 12.3 Å². The topological polar surface area (TPSA) is 54.0 Å². The van der Waals surface area contributed by atoms with Crippen LogP contribution in [0.15, 0.2) is 48.7 Å². The predicted octanol–water partition coefficient (Wildman–Crippen LogP) is 2.62. The molecule has 3 rings (SSSR count). The molecule has 0 fully saturated rings. The molecule has 0 saturated heterocycles. The SMILES string of the molecule is O=C(Nc1ccccn1)C1CCNc2ccccc21. The third-order valence-corrected chi connectivity index (χ3v) is 3.32. The standard InChI is InChI=1S/C15H15N3O/c19-15(18-14-7-3-4-9-17-14)12-8-10-16-13-6-2-1-5-11(12)13/h1-7,9,12,16H,8,10H2,(H,17,18,19). The van der Waals surface area contributed by atoms with Crippen molar-refractivity contribution in [1.82, 2.24) is 4.98 Å². The van der Waals surface area contributed by atoms with Crippen LogP contribution in [0, 0.1) is 0 Å². The molecule has 2 heterocycles. The largest absolute Gasteiger partial charge is 0.385 e. The fraction of sp³-hybridized carbons (Fsp3) is 0.200. The maximum Gasteiger partial charge on any atom is 0.233 e. The number of nitrogens with zero attached hydrogens (tertiary/aromatic N) is 1. The molecule has 0 bridgehead atoms. The molecule has 1 aliphatic heterocycles. The van der Waals surface area contributed by atoms with E-state index in [0.717, 1.165) is 24.2 Å². The van der Waals surface area contributed by atoms with Gasteiger partial charge in [0.1, 0.15) is 5.82 Å². The first-order valence-corrected chi connectivity index (χ1v) is 6.39. The summed E-state index contributed by atoms with van der Waals surface area (Å²) < 4.78 is 0. The second kappa shape index (κ2) is 5.10. The Kier molecular flexibility index (Phi) is 3.14. The Morgan fingerprint density at radius 3 is 2.89 bits per heavy atom. The first-order chi connectivity index (χ1) is 9.34.